The Morgan fingerprint density at radius 3 is 1.73 bits per heavy atom. The third-order valence-electron chi connectivity index (χ3n) is 1.23. The third kappa shape index (κ3) is 6.94. The van der Waals surface area contributed by atoms with Crippen molar-refractivity contribution in [2.45, 2.75) is 47.5 Å². The Morgan fingerprint density at radius 1 is 1.00 bits per heavy atom. The standard InChI is InChI=1S/C7H8F2N2.2C2H6/c1-5-3-11-6(4-10-5)7(2,8)9;2*1-2/h3-4H,1-2H3;2*1-2H3. The average molecular weight is 218 g/mol. The lowest BCUT2D eigenvalue weighted by Crippen LogP contribution is -2.10. The predicted molar refractivity (Wildman–Crippen MR) is 59.0 cm³/mol. The zero-order valence-electron chi connectivity index (χ0n) is 10.3. The number of halogens is 2. The summed E-state index contributed by atoms with van der Waals surface area (Å²) in [4.78, 5) is 7.24. The predicted octanol–water partition coefficient (Wildman–Crippen LogP) is 3.95. The molecule has 0 saturated heterocycles. The third-order valence-corrected chi connectivity index (χ3v) is 1.23. The first kappa shape index (κ1) is 16.4. The molecule has 0 aromatic carbocycles. The SMILES string of the molecule is CC.CC.Cc1cnc(C(C)(F)F)cn1. The van der Waals surface area contributed by atoms with Crippen molar-refractivity contribution in [3.05, 3.63) is 23.8 Å². The lowest BCUT2D eigenvalue weighted by atomic mass is 10.3. The van der Waals surface area contributed by atoms with E-state index in [0.717, 1.165) is 13.1 Å². The van der Waals surface area contributed by atoms with Crippen molar-refractivity contribution in [1.29, 1.82) is 0 Å². The fourth-order valence-corrected chi connectivity index (χ4v) is 0.619. The Balaban J connectivity index is 0. The van der Waals surface area contributed by atoms with Gasteiger partial charge in [-0.15, -0.1) is 0 Å². The van der Waals surface area contributed by atoms with Crippen LogP contribution in [0.3, 0.4) is 0 Å². The van der Waals surface area contributed by atoms with Gasteiger partial charge in [0.15, 0.2) is 0 Å². The van der Waals surface area contributed by atoms with Crippen molar-refractivity contribution in [2.75, 3.05) is 0 Å². The Labute approximate surface area is 90.8 Å². The summed E-state index contributed by atoms with van der Waals surface area (Å²) < 4.78 is 25.0. The van der Waals surface area contributed by atoms with Crippen LogP contribution in [-0.4, -0.2) is 9.97 Å². The van der Waals surface area contributed by atoms with Crippen LogP contribution in [0.15, 0.2) is 12.4 Å². The first-order chi connectivity index (χ1) is 7.00. The molecule has 0 amide bonds. The van der Waals surface area contributed by atoms with E-state index in [4.69, 9.17) is 0 Å². The van der Waals surface area contributed by atoms with Gasteiger partial charge in [0.1, 0.15) is 5.69 Å². The molecule has 4 heteroatoms. The number of hydrogen-bond acceptors (Lipinski definition) is 2. The minimum atomic E-state index is -2.89. The summed E-state index contributed by atoms with van der Waals surface area (Å²) in [7, 11) is 0. The maximum absolute atomic E-state index is 12.5. The lowest BCUT2D eigenvalue weighted by Gasteiger charge is -2.07. The fraction of sp³-hybridized carbons (Fsp3) is 0.636. The van der Waals surface area contributed by atoms with Crippen LogP contribution < -0.4 is 0 Å². The smallest absolute Gasteiger partial charge is 0.258 e. The average Bonchev–Trinajstić information content (AvgIpc) is 2.23. The van der Waals surface area contributed by atoms with Crippen LogP contribution in [0.5, 0.6) is 0 Å². The van der Waals surface area contributed by atoms with E-state index in [1.165, 1.54) is 6.20 Å². The highest BCUT2D eigenvalue weighted by molar-refractivity contribution is 5.05. The van der Waals surface area contributed by atoms with Gasteiger partial charge in [0.05, 0.1) is 11.9 Å². The first-order valence-corrected chi connectivity index (χ1v) is 5.17. The van der Waals surface area contributed by atoms with Gasteiger partial charge in [0.2, 0.25) is 0 Å². The molecule has 15 heavy (non-hydrogen) atoms. The molecule has 0 atom stereocenters. The van der Waals surface area contributed by atoms with Gasteiger partial charge in [-0.2, -0.15) is 8.78 Å². The van der Waals surface area contributed by atoms with Crippen LogP contribution in [0.2, 0.25) is 0 Å². The molecule has 1 aromatic rings. The fourth-order valence-electron chi connectivity index (χ4n) is 0.619. The van der Waals surface area contributed by atoms with Gasteiger partial charge in [-0.25, -0.2) is 0 Å². The van der Waals surface area contributed by atoms with Crippen molar-refractivity contribution in [3.63, 3.8) is 0 Å². The molecule has 0 spiro atoms. The highest BCUT2D eigenvalue weighted by atomic mass is 19.3. The number of alkyl halides is 2. The van der Waals surface area contributed by atoms with Gasteiger partial charge in [-0.3, -0.25) is 9.97 Å². The summed E-state index contributed by atoms with van der Waals surface area (Å²) in [5.74, 6) is -2.89. The number of aryl methyl sites for hydroxylation is 1. The summed E-state index contributed by atoms with van der Waals surface area (Å²) in [6.45, 7) is 10.5. The Hall–Kier alpha value is -1.06. The number of nitrogens with zero attached hydrogens (tertiary/aromatic N) is 2. The second kappa shape index (κ2) is 8.26. The lowest BCUT2D eigenvalue weighted by molar-refractivity contribution is 0.0123. The minimum absolute atomic E-state index is 0.289. The van der Waals surface area contributed by atoms with E-state index in [2.05, 4.69) is 9.97 Å². The van der Waals surface area contributed by atoms with E-state index in [1.54, 1.807) is 6.92 Å². The monoisotopic (exact) mass is 218 g/mol. The molecule has 2 nitrogen and oxygen atoms in total. The van der Waals surface area contributed by atoms with Crippen LogP contribution in [0, 0.1) is 6.92 Å². The van der Waals surface area contributed by atoms with Crippen molar-refractivity contribution in [2.24, 2.45) is 0 Å². The molecule has 0 N–H and O–H groups in total. The van der Waals surface area contributed by atoms with E-state index >= 15 is 0 Å². The zero-order chi connectivity index (χ0) is 12.5. The Kier molecular flexibility index (Phi) is 9.02. The molecule has 1 heterocycles. The van der Waals surface area contributed by atoms with Crippen molar-refractivity contribution < 1.29 is 8.78 Å². The minimum Gasteiger partial charge on any atom is -0.258 e. The molecular weight excluding hydrogens is 198 g/mol. The van der Waals surface area contributed by atoms with Crippen LogP contribution in [-0.2, 0) is 5.92 Å². The number of aromatic nitrogens is 2. The topological polar surface area (TPSA) is 25.8 Å². The summed E-state index contributed by atoms with van der Waals surface area (Å²) in [6, 6.07) is 0. The Bertz CT molecular complexity index is 240. The summed E-state index contributed by atoms with van der Waals surface area (Å²) in [6.07, 6.45) is 2.42. The maximum Gasteiger partial charge on any atom is 0.288 e. The van der Waals surface area contributed by atoms with Crippen LogP contribution in [0.1, 0.15) is 46.0 Å². The molecule has 0 aliphatic rings. The van der Waals surface area contributed by atoms with Crippen molar-refractivity contribution >= 4 is 0 Å². The molecule has 1 rings (SSSR count). The van der Waals surface area contributed by atoms with Gasteiger partial charge in [0, 0.05) is 13.1 Å². The molecule has 0 saturated carbocycles. The molecule has 0 unspecified atom stereocenters. The van der Waals surface area contributed by atoms with Crippen molar-refractivity contribution in [3.8, 4) is 0 Å². The molecule has 0 aliphatic heterocycles. The second-order valence-electron chi connectivity index (χ2n) is 2.43. The summed E-state index contributed by atoms with van der Waals surface area (Å²) >= 11 is 0. The molecule has 0 fully saturated rings. The summed E-state index contributed by atoms with van der Waals surface area (Å²) in [5.41, 5.74) is 0.348. The van der Waals surface area contributed by atoms with Gasteiger partial charge < -0.3 is 0 Å². The van der Waals surface area contributed by atoms with Crippen LogP contribution >= 0.6 is 0 Å². The molecule has 0 aliphatic carbocycles. The highest BCUT2D eigenvalue weighted by Crippen LogP contribution is 2.23. The number of rotatable bonds is 1. The van der Waals surface area contributed by atoms with E-state index in [0.29, 0.717) is 5.69 Å². The highest BCUT2D eigenvalue weighted by Gasteiger charge is 2.25. The first-order valence-electron chi connectivity index (χ1n) is 5.17. The Morgan fingerprint density at radius 2 is 1.47 bits per heavy atom. The van der Waals surface area contributed by atoms with Crippen molar-refractivity contribution in [1.82, 2.24) is 9.97 Å². The van der Waals surface area contributed by atoms with Gasteiger partial charge >= 0.3 is 0 Å². The van der Waals surface area contributed by atoms with E-state index < -0.39 is 5.92 Å². The van der Waals surface area contributed by atoms with Crippen LogP contribution in [0.25, 0.3) is 0 Å². The quantitative estimate of drug-likeness (QED) is 0.713. The number of hydrogen-bond donors (Lipinski definition) is 0. The molecule has 1 aromatic heterocycles. The van der Waals surface area contributed by atoms with Crippen LogP contribution in [0.4, 0.5) is 8.78 Å². The van der Waals surface area contributed by atoms with E-state index in [-0.39, 0.29) is 5.69 Å². The maximum atomic E-state index is 12.5. The normalized spacial score (nSPS) is 9.33. The van der Waals surface area contributed by atoms with Gasteiger partial charge in [0.25, 0.3) is 5.92 Å². The second-order valence-corrected chi connectivity index (χ2v) is 2.43. The largest absolute Gasteiger partial charge is 0.288 e. The van der Waals surface area contributed by atoms with Gasteiger partial charge in [-0.05, 0) is 6.92 Å². The molecular formula is C11H20F2N2. The molecule has 0 bridgehead atoms. The molecule has 88 valence electrons. The zero-order valence-corrected chi connectivity index (χ0v) is 10.3. The van der Waals surface area contributed by atoms with Gasteiger partial charge in [-0.1, -0.05) is 27.7 Å². The van der Waals surface area contributed by atoms with E-state index in [1.807, 2.05) is 27.7 Å². The molecule has 0 radical (unpaired) electrons. The van der Waals surface area contributed by atoms with E-state index in [9.17, 15) is 8.78 Å². The summed E-state index contributed by atoms with van der Waals surface area (Å²) in [5, 5.41) is 0.